The minimum absolute atomic E-state index is 0.0935. The first-order valence-electron chi connectivity index (χ1n) is 12.6. The third-order valence-corrected chi connectivity index (χ3v) is 6.36. The number of carbonyl (C=O) groups excluding carboxylic acids is 3. The number of aliphatic carboxylic acids is 1. The normalized spacial score (nSPS) is 15.2. The molecule has 2 heterocycles. The third kappa shape index (κ3) is 7.65. The fourth-order valence-electron chi connectivity index (χ4n) is 4.15. The van der Waals surface area contributed by atoms with Crippen LogP contribution in [0.4, 0.5) is 0 Å². The van der Waals surface area contributed by atoms with Gasteiger partial charge in [-0.1, -0.05) is 32.0 Å². The summed E-state index contributed by atoms with van der Waals surface area (Å²) in [5.74, 6) is -3.86. The molecule has 0 aliphatic carbocycles. The first kappa shape index (κ1) is 29.3. The zero-order valence-electron chi connectivity index (χ0n) is 22.0. The number of imidazole rings is 1. The number of carboxylic acids is 1. The molecule has 9 N–H and O–H groups in total. The van der Waals surface area contributed by atoms with Gasteiger partial charge in [-0.25, -0.2) is 9.78 Å². The Morgan fingerprint density at radius 2 is 1.64 bits per heavy atom. The van der Waals surface area contributed by atoms with Crippen molar-refractivity contribution in [3.05, 3.63) is 54.2 Å². The van der Waals surface area contributed by atoms with Crippen LogP contribution in [0.2, 0.25) is 0 Å². The number of rotatable bonds is 13. The second kappa shape index (κ2) is 13.0. The summed E-state index contributed by atoms with van der Waals surface area (Å²) in [6.07, 6.45) is 3.66. The van der Waals surface area contributed by atoms with E-state index in [0.29, 0.717) is 5.69 Å². The van der Waals surface area contributed by atoms with Gasteiger partial charge in [-0.15, -0.1) is 0 Å². The fraction of sp³-hybridized carbons (Fsp3) is 0.423. The number of H-pyrrole nitrogens is 2. The number of para-hydroxylation sites is 1. The minimum Gasteiger partial charge on any atom is -0.480 e. The summed E-state index contributed by atoms with van der Waals surface area (Å²) in [7, 11) is 0. The highest BCUT2D eigenvalue weighted by molar-refractivity contribution is 5.95. The second-order valence-electron chi connectivity index (χ2n) is 9.81. The van der Waals surface area contributed by atoms with Gasteiger partial charge in [0.05, 0.1) is 18.5 Å². The van der Waals surface area contributed by atoms with Crippen LogP contribution in [0.5, 0.6) is 0 Å². The lowest BCUT2D eigenvalue weighted by molar-refractivity contribution is -0.145. The van der Waals surface area contributed by atoms with Crippen molar-refractivity contribution in [1.29, 1.82) is 0 Å². The van der Waals surface area contributed by atoms with E-state index in [9.17, 15) is 29.4 Å². The van der Waals surface area contributed by atoms with Gasteiger partial charge in [-0.2, -0.15) is 0 Å². The monoisotopic (exact) mass is 541 g/mol. The fourth-order valence-corrected chi connectivity index (χ4v) is 4.15. The molecule has 5 unspecified atom stereocenters. The largest absolute Gasteiger partial charge is 0.480 e. The standard InChI is InChI=1S/C26H35N7O6/c1-13(2)21(25(37)33-22(14(3)34)26(38)39)32-24(36)20(8-15-10-29-19-7-5-4-6-17(15)19)31-23(35)18(27)9-16-11-28-12-30-16/h4-7,10-14,18,20-22,29,34H,8-9,27H2,1-3H3,(H,28,30)(H,31,35)(H,32,36)(H,33,37)(H,38,39). The van der Waals surface area contributed by atoms with Gasteiger partial charge in [0.2, 0.25) is 17.7 Å². The van der Waals surface area contributed by atoms with Gasteiger partial charge in [0.15, 0.2) is 6.04 Å². The van der Waals surface area contributed by atoms with Gasteiger partial charge >= 0.3 is 5.97 Å². The van der Waals surface area contributed by atoms with Crippen molar-refractivity contribution in [2.24, 2.45) is 11.7 Å². The Hall–Kier alpha value is -4.23. The number of aliphatic hydroxyl groups excluding tert-OH is 1. The third-order valence-electron chi connectivity index (χ3n) is 6.36. The van der Waals surface area contributed by atoms with E-state index in [0.717, 1.165) is 16.5 Å². The number of benzene rings is 1. The molecule has 0 radical (unpaired) electrons. The van der Waals surface area contributed by atoms with E-state index in [1.54, 1.807) is 26.2 Å². The van der Waals surface area contributed by atoms with E-state index < -0.39 is 59.9 Å². The first-order valence-corrected chi connectivity index (χ1v) is 12.6. The molecular formula is C26H35N7O6. The van der Waals surface area contributed by atoms with Gasteiger partial charge < -0.3 is 41.9 Å². The van der Waals surface area contributed by atoms with Crippen LogP contribution in [0.25, 0.3) is 10.9 Å². The molecule has 0 aliphatic rings. The van der Waals surface area contributed by atoms with E-state index in [2.05, 4.69) is 30.9 Å². The van der Waals surface area contributed by atoms with Crippen molar-refractivity contribution in [3.8, 4) is 0 Å². The maximum atomic E-state index is 13.5. The van der Waals surface area contributed by atoms with E-state index in [1.165, 1.54) is 13.3 Å². The highest BCUT2D eigenvalue weighted by atomic mass is 16.4. The van der Waals surface area contributed by atoms with Crippen molar-refractivity contribution in [2.75, 3.05) is 0 Å². The Bertz CT molecular complexity index is 1290. The Balaban J connectivity index is 1.82. The Labute approximate surface area is 225 Å². The number of nitrogens with zero attached hydrogens (tertiary/aromatic N) is 1. The van der Waals surface area contributed by atoms with Crippen LogP contribution in [0.3, 0.4) is 0 Å². The molecule has 1 aromatic carbocycles. The molecule has 0 fully saturated rings. The smallest absolute Gasteiger partial charge is 0.328 e. The molecule has 210 valence electrons. The summed E-state index contributed by atoms with van der Waals surface area (Å²) in [5.41, 5.74) is 8.36. The number of aromatic amines is 2. The lowest BCUT2D eigenvalue weighted by Gasteiger charge is -2.27. The van der Waals surface area contributed by atoms with Crippen LogP contribution in [0.1, 0.15) is 32.0 Å². The minimum atomic E-state index is -1.56. The zero-order chi connectivity index (χ0) is 28.7. The molecule has 0 saturated heterocycles. The summed E-state index contributed by atoms with van der Waals surface area (Å²) >= 11 is 0. The quantitative estimate of drug-likeness (QED) is 0.142. The van der Waals surface area contributed by atoms with Gasteiger partial charge in [-0.3, -0.25) is 14.4 Å². The predicted octanol–water partition coefficient (Wildman–Crippen LogP) is -0.421. The van der Waals surface area contributed by atoms with Crippen LogP contribution >= 0.6 is 0 Å². The number of fused-ring (bicyclic) bond motifs is 1. The number of nitrogens with one attached hydrogen (secondary N) is 5. The number of amides is 3. The van der Waals surface area contributed by atoms with Crippen molar-refractivity contribution in [1.82, 2.24) is 30.9 Å². The summed E-state index contributed by atoms with van der Waals surface area (Å²) < 4.78 is 0. The van der Waals surface area contributed by atoms with Crippen molar-refractivity contribution >= 4 is 34.6 Å². The molecule has 0 spiro atoms. The molecule has 2 aromatic heterocycles. The van der Waals surface area contributed by atoms with E-state index in [1.807, 2.05) is 24.3 Å². The van der Waals surface area contributed by atoms with Gasteiger partial charge in [0.25, 0.3) is 0 Å². The van der Waals surface area contributed by atoms with Crippen molar-refractivity contribution in [2.45, 2.75) is 63.9 Å². The Morgan fingerprint density at radius 1 is 0.949 bits per heavy atom. The van der Waals surface area contributed by atoms with E-state index in [4.69, 9.17) is 5.73 Å². The topological polar surface area (TPSA) is 215 Å². The lowest BCUT2D eigenvalue weighted by atomic mass is 9.99. The SMILES string of the molecule is CC(C)C(NC(=O)C(Cc1c[nH]c2ccccc12)NC(=O)C(N)Cc1cnc[nH]1)C(=O)NC(C(=O)O)C(C)O. The number of aliphatic hydroxyl groups is 1. The summed E-state index contributed by atoms with van der Waals surface area (Å²) in [4.78, 5) is 60.8. The molecule has 0 aliphatic heterocycles. The molecule has 0 saturated carbocycles. The Morgan fingerprint density at radius 3 is 2.26 bits per heavy atom. The van der Waals surface area contributed by atoms with Crippen LogP contribution in [-0.2, 0) is 32.0 Å². The zero-order valence-corrected chi connectivity index (χ0v) is 22.0. The molecule has 5 atom stereocenters. The van der Waals surface area contributed by atoms with Crippen LogP contribution in [-0.4, -0.2) is 79.1 Å². The number of nitrogens with two attached hydrogens (primary N) is 1. The molecule has 0 bridgehead atoms. The molecule has 13 nitrogen and oxygen atoms in total. The maximum Gasteiger partial charge on any atom is 0.328 e. The van der Waals surface area contributed by atoms with Gasteiger partial charge in [-0.05, 0) is 24.5 Å². The summed E-state index contributed by atoms with van der Waals surface area (Å²) in [6, 6.07) is 2.71. The summed E-state index contributed by atoms with van der Waals surface area (Å²) in [5, 5.41) is 27.6. The first-order chi connectivity index (χ1) is 18.5. The predicted molar refractivity (Wildman–Crippen MR) is 142 cm³/mol. The number of hydrogen-bond acceptors (Lipinski definition) is 7. The van der Waals surface area contributed by atoms with Crippen molar-refractivity contribution in [3.63, 3.8) is 0 Å². The highest BCUT2D eigenvalue weighted by Gasteiger charge is 2.33. The van der Waals surface area contributed by atoms with E-state index >= 15 is 0 Å². The Kier molecular flexibility index (Phi) is 9.79. The number of carboxylic acid groups (broad SMARTS) is 1. The molecule has 3 amide bonds. The molecule has 3 aromatic rings. The average Bonchev–Trinajstić information content (AvgIpc) is 3.54. The number of carbonyl (C=O) groups is 4. The van der Waals surface area contributed by atoms with Crippen LogP contribution in [0.15, 0.2) is 43.0 Å². The molecule has 39 heavy (non-hydrogen) atoms. The summed E-state index contributed by atoms with van der Waals surface area (Å²) in [6.45, 7) is 4.59. The number of hydrogen-bond donors (Lipinski definition) is 8. The maximum absolute atomic E-state index is 13.5. The van der Waals surface area contributed by atoms with E-state index in [-0.39, 0.29) is 12.8 Å². The molecule has 13 heteroatoms. The highest BCUT2D eigenvalue weighted by Crippen LogP contribution is 2.19. The molecule has 3 rings (SSSR count). The van der Waals surface area contributed by atoms with Crippen LogP contribution < -0.4 is 21.7 Å². The number of aromatic nitrogens is 3. The van der Waals surface area contributed by atoms with Crippen LogP contribution in [0, 0.1) is 5.92 Å². The molecular weight excluding hydrogens is 506 g/mol. The van der Waals surface area contributed by atoms with Gasteiger partial charge in [0, 0.05) is 41.8 Å². The van der Waals surface area contributed by atoms with Gasteiger partial charge in [0.1, 0.15) is 12.1 Å². The lowest BCUT2D eigenvalue weighted by Crippen LogP contribution is -2.60. The van der Waals surface area contributed by atoms with Crippen molar-refractivity contribution < 1.29 is 29.4 Å². The average molecular weight is 542 g/mol. The second-order valence-corrected chi connectivity index (χ2v) is 9.81.